The molecule has 0 N–H and O–H groups in total. The molecule has 0 saturated heterocycles. The van der Waals surface area contributed by atoms with Crippen LogP contribution in [0.25, 0.3) is 49.0 Å². The first-order valence-electron chi connectivity index (χ1n) is 17.0. The van der Waals surface area contributed by atoms with Crippen LogP contribution in [0.15, 0.2) is 157 Å². The molecule has 6 aromatic carbocycles. The highest BCUT2D eigenvalue weighted by atomic mass is 14.8. The van der Waals surface area contributed by atoms with Crippen LogP contribution in [0.1, 0.15) is 36.0 Å². The lowest BCUT2D eigenvalue weighted by Crippen LogP contribution is -2.12. The minimum Gasteiger partial charge on any atom is -0.260 e. The molecule has 3 unspecified atom stereocenters. The van der Waals surface area contributed by atoms with Gasteiger partial charge in [0.05, 0.1) is 5.69 Å². The smallest absolute Gasteiger partial charge is 0.0664 e. The van der Waals surface area contributed by atoms with Gasteiger partial charge in [-0.1, -0.05) is 140 Å². The number of hydrogen-bond donors (Lipinski definition) is 0. The zero-order valence-corrected chi connectivity index (χ0v) is 26.7. The molecule has 9 rings (SSSR count). The SMILES string of the molecule is CC1C=CC=CC1Cc1cccc(-c2cc3c4ccccc4c(C4=CC([C@H]5C=Nc6ccccc65)CC=C4)cc3c3ccccc23)c1. The summed E-state index contributed by atoms with van der Waals surface area (Å²) in [7, 11) is 0. The first-order valence-corrected chi connectivity index (χ1v) is 17.0. The highest BCUT2D eigenvalue weighted by Crippen LogP contribution is 2.44. The quantitative estimate of drug-likeness (QED) is 0.174. The standard InChI is InChI=1S/C46H37N/c1-30-12-2-3-14-32(30)24-31-13-10-15-33(25-31)41-27-43-39-21-7-5-19-37(39)42(28-44(43)38-20-6-4-18-36(38)41)34-16-11-17-35(26-34)45-29-47-46-23-9-8-22-40(45)46/h2-16,18-23,25-30,32,35,45H,17,24H2,1H3/t30?,32?,35?,45-/m1/s1. The molecule has 3 aliphatic rings. The highest BCUT2D eigenvalue weighted by molar-refractivity contribution is 6.23. The van der Waals surface area contributed by atoms with Crippen molar-refractivity contribution in [3.8, 4) is 11.1 Å². The van der Waals surface area contributed by atoms with Gasteiger partial charge in [0, 0.05) is 12.1 Å². The molecule has 0 radical (unpaired) electrons. The second kappa shape index (κ2) is 11.5. The molecule has 1 heterocycles. The summed E-state index contributed by atoms with van der Waals surface area (Å²) in [6.07, 6.45) is 20.5. The van der Waals surface area contributed by atoms with Crippen LogP contribution in [0.3, 0.4) is 0 Å². The average molecular weight is 604 g/mol. The van der Waals surface area contributed by atoms with Gasteiger partial charge in [0.1, 0.15) is 0 Å². The zero-order valence-electron chi connectivity index (χ0n) is 26.7. The molecule has 6 aromatic rings. The molecule has 226 valence electrons. The fourth-order valence-corrected chi connectivity index (χ4v) is 8.19. The second-order valence-electron chi connectivity index (χ2n) is 13.5. The normalized spacial score (nSPS) is 21.5. The number of fused-ring (bicyclic) bond motifs is 6. The van der Waals surface area contributed by atoms with Gasteiger partial charge < -0.3 is 0 Å². The molecule has 2 aliphatic carbocycles. The Balaban J connectivity index is 1.19. The fourth-order valence-electron chi connectivity index (χ4n) is 8.19. The lowest BCUT2D eigenvalue weighted by Gasteiger charge is -2.23. The maximum Gasteiger partial charge on any atom is 0.0664 e. The summed E-state index contributed by atoms with van der Waals surface area (Å²) < 4.78 is 0. The lowest BCUT2D eigenvalue weighted by molar-refractivity contribution is 0.504. The Morgan fingerprint density at radius 3 is 2.17 bits per heavy atom. The molecule has 4 atom stereocenters. The third-order valence-corrected chi connectivity index (χ3v) is 10.7. The third kappa shape index (κ3) is 4.89. The number of para-hydroxylation sites is 1. The Morgan fingerprint density at radius 2 is 1.36 bits per heavy atom. The minimum atomic E-state index is 0.311. The Morgan fingerprint density at radius 1 is 0.660 bits per heavy atom. The van der Waals surface area contributed by atoms with Gasteiger partial charge in [0.25, 0.3) is 0 Å². The van der Waals surface area contributed by atoms with E-state index in [1.165, 1.54) is 65.7 Å². The summed E-state index contributed by atoms with van der Waals surface area (Å²) in [6, 6.07) is 40.7. The van der Waals surface area contributed by atoms with Crippen LogP contribution < -0.4 is 0 Å². The minimum absolute atomic E-state index is 0.311. The summed E-state index contributed by atoms with van der Waals surface area (Å²) in [4.78, 5) is 4.77. The summed E-state index contributed by atoms with van der Waals surface area (Å²) >= 11 is 0. The number of nitrogens with zero attached hydrogens (tertiary/aromatic N) is 1. The van der Waals surface area contributed by atoms with E-state index in [0.29, 0.717) is 23.7 Å². The maximum absolute atomic E-state index is 4.77. The Labute approximate surface area is 277 Å². The number of benzene rings is 6. The van der Waals surface area contributed by atoms with E-state index in [2.05, 4.69) is 165 Å². The summed E-state index contributed by atoms with van der Waals surface area (Å²) in [5, 5.41) is 7.84. The van der Waals surface area contributed by atoms with E-state index in [4.69, 9.17) is 4.99 Å². The Bertz CT molecular complexity index is 2350. The van der Waals surface area contributed by atoms with Gasteiger partial charge in [0.15, 0.2) is 0 Å². The number of rotatable bonds is 5. The second-order valence-corrected chi connectivity index (χ2v) is 13.5. The van der Waals surface area contributed by atoms with Crippen molar-refractivity contribution in [3.05, 3.63) is 168 Å². The predicted octanol–water partition coefficient (Wildman–Crippen LogP) is 12.2. The fraction of sp³-hybridized carbons (Fsp3) is 0.152. The molecule has 1 heteroatoms. The van der Waals surface area contributed by atoms with Gasteiger partial charge in [0.2, 0.25) is 0 Å². The van der Waals surface area contributed by atoms with E-state index >= 15 is 0 Å². The van der Waals surface area contributed by atoms with Crippen molar-refractivity contribution in [2.75, 3.05) is 0 Å². The zero-order chi connectivity index (χ0) is 31.3. The summed E-state index contributed by atoms with van der Waals surface area (Å²) in [5.41, 5.74) is 9.05. The molecule has 0 fully saturated rings. The van der Waals surface area contributed by atoms with Crippen LogP contribution in [0, 0.1) is 17.8 Å². The Hall–Kier alpha value is -5.27. The van der Waals surface area contributed by atoms with Gasteiger partial charge in [-0.25, -0.2) is 0 Å². The van der Waals surface area contributed by atoms with Crippen LogP contribution in [0.5, 0.6) is 0 Å². The third-order valence-electron chi connectivity index (χ3n) is 10.7. The van der Waals surface area contributed by atoms with E-state index < -0.39 is 0 Å². The van der Waals surface area contributed by atoms with Crippen LogP contribution in [0.4, 0.5) is 5.69 Å². The first kappa shape index (κ1) is 28.0. The van der Waals surface area contributed by atoms with Crippen molar-refractivity contribution in [2.45, 2.75) is 25.7 Å². The van der Waals surface area contributed by atoms with Crippen LogP contribution >= 0.6 is 0 Å². The first-order chi connectivity index (χ1) is 23.2. The molecule has 0 aromatic heterocycles. The lowest BCUT2D eigenvalue weighted by atomic mass is 9.80. The molecular weight excluding hydrogens is 567 g/mol. The highest BCUT2D eigenvalue weighted by Gasteiger charge is 2.27. The number of aliphatic imine (C=N–C) groups is 1. The topological polar surface area (TPSA) is 12.4 Å². The van der Waals surface area contributed by atoms with Crippen molar-refractivity contribution in [1.29, 1.82) is 0 Å². The van der Waals surface area contributed by atoms with Gasteiger partial charge in [-0.05, 0) is 115 Å². The molecule has 0 spiro atoms. The van der Waals surface area contributed by atoms with E-state index in [1.807, 2.05) is 0 Å². The van der Waals surface area contributed by atoms with Crippen molar-refractivity contribution < 1.29 is 0 Å². The molecule has 0 saturated carbocycles. The van der Waals surface area contributed by atoms with E-state index in [0.717, 1.165) is 18.5 Å². The number of hydrogen-bond acceptors (Lipinski definition) is 1. The average Bonchev–Trinajstić information content (AvgIpc) is 3.56. The molecular formula is C46H37N. The van der Waals surface area contributed by atoms with Crippen molar-refractivity contribution in [1.82, 2.24) is 0 Å². The maximum atomic E-state index is 4.77. The van der Waals surface area contributed by atoms with Gasteiger partial charge >= 0.3 is 0 Å². The van der Waals surface area contributed by atoms with Gasteiger partial charge in [-0.2, -0.15) is 0 Å². The largest absolute Gasteiger partial charge is 0.260 e. The van der Waals surface area contributed by atoms with Crippen molar-refractivity contribution in [2.24, 2.45) is 22.7 Å². The Kier molecular flexibility index (Phi) is 6.86. The van der Waals surface area contributed by atoms with Gasteiger partial charge in [-0.15, -0.1) is 0 Å². The predicted molar refractivity (Wildman–Crippen MR) is 202 cm³/mol. The van der Waals surface area contributed by atoms with Crippen molar-refractivity contribution >= 4 is 49.8 Å². The van der Waals surface area contributed by atoms with Crippen LogP contribution in [0.2, 0.25) is 0 Å². The van der Waals surface area contributed by atoms with Crippen molar-refractivity contribution in [3.63, 3.8) is 0 Å². The molecule has 0 amide bonds. The monoisotopic (exact) mass is 603 g/mol. The van der Waals surface area contributed by atoms with Gasteiger partial charge in [-0.3, -0.25) is 4.99 Å². The molecule has 0 bridgehead atoms. The molecule has 1 nitrogen and oxygen atoms in total. The summed E-state index contributed by atoms with van der Waals surface area (Å²) in [6.45, 7) is 2.33. The van der Waals surface area contributed by atoms with E-state index in [1.54, 1.807) is 0 Å². The molecule has 1 aliphatic heterocycles. The number of allylic oxidation sites excluding steroid dienone is 8. The van der Waals surface area contributed by atoms with E-state index in [9.17, 15) is 0 Å². The van der Waals surface area contributed by atoms with E-state index in [-0.39, 0.29) is 0 Å². The molecule has 47 heavy (non-hydrogen) atoms. The summed E-state index contributed by atoms with van der Waals surface area (Å²) in [5.74, 6) is 1.78. The van der Waals surface area contributed by atoms with Crippen LogP contribution in [-0.2, 0) is 6.42 Å². The van der Waals surface area contributed by atoms with Crippen LogP contribution in [-0.4, -0.2) is 6.21 Å².